The molecule has 6 atom stereocenters. The largest absolute Gasteiger partial charge is 0.480 e. The Morgan fingerprint density at radius 1 is 0.857 bits per heavy atom. The van der Waals surface area contributed by atoms with E-state index in [0.29, 0.717) is 5.56 Å². The predicted octanol–water partition coefficient (Wildman–Crippen LogP) is 0.827. The number of carbonyl (C=O) groups is 4. The van der Waals surface area contributed by atoms with Crippen molar-refractivity contribution in [1.82, 2.24) is 15.7 Å². The first-order valence-electron chi connectivity index (χ1n) is 13.4. The molecule has 2 aromatic carbocycles. The third-order valence-electron chi connectivity index (χ3n) is 6.54. The van der Waals surface area contributed by atoms with E-state index in [1.807, 2.05) is 0 Å². The van der Waals surface area contributed by atoms with E-state index in [9.17, 15) is 33.7 Å². The molecule has 0 aromatic heterocycles. The Hall–Kier alpha value is -3.06. The number of hydrogen-bond donors (Lipinski definition) is 8. The van der Waals surface area contributed by atoms with E-state index in [2.05, 4.69) is 28.3 Å². The van der Waals surface area contributed by atoms with Crippen LogP contribution in [-0.4, -0.2) is 69.3 Å². The van der Waals surface area contributed by atoms with Gasteiger partial charge in [-0.2, -0.15) is 12.6 Å². The molecular formula is C28H40N5O7PS. The fourth-order valence-electron chi connectivity index (χ4n) is 4.11. The quantitative estimate of drug-likeness (QED) is 0.0920. The maximum Gasteiger partial charge on any atom is 0.321 e. The predicted molar refractivity (Wildman–Crippen MR) is 163 cm³/mol. The summed E-state index contributed by atoms with van der Waals surface area (Å²) in [5.74, 6) is -5.27. The van der Waals surface area contributed by atoms with Gasteiger partial charge in [-0.25, -0.2) is 5.09 Å². The molecule has 0 saturated heterocycles. The number of carboxylic acids is 1. The lowest BCUT2D eigenvalue weighted by molar-refractivity contribution is -0.139. The number of carboxylic acid groups (broad SMARTS) is 1. The fourth-order valence-corrected chi connectivity index (χ4v) is 5.54. The van der Waals surface area contributed by atoms with Crippen LogP contribution < -0.4 is 27.2 Å². The van der Waals surface area contributed by atoms with E-state index in [1.54, 1.807) is 74.5 Å². The first kappa shape index (κ1) is 35.1. The summed E-state index contributed by atoms with van der Waals surface area (Å²) in [6.45, 7) is 3.35. The zero-order chi connectivity index (χ0) is 31.4. The van der Waals surface area contributed by atoms with Crippen molar-refractivity contribution in [1.29, 1.82) is 0 Å². The zero-order valence-corrected chi connectivity index (χ0v) is 25.3. The second kappa shape index (κ2) is 16.5. The Balaban J connectivity index is 2.15. The number of thiol groups is 1. The average Bonchev–Trinajstić information content (AvgIpc) is 2.95. The first-order chi connectivity index (χ1) is 19.7. The number of amides is 2. The molecule has 0 aliphatic rings. The zero-order valence-electron chi connectivity index (χ0n) is 23.6. The molecule has 9 N–H and O–H groups in total. The minimum Gasteiger partial charge on any atom is -0.480 e. The third-order valence-corrected chi connectivity index (χ3v) is 8.70. The summed E-state index contributed by atoms with van der Waals surface area (Å²) >= 11 is 4.02. The second-order valence-electron chi connectivity index (χ2n) is 10.3. The molecule has 0 aliphatic heterocycles. The van der Waals surface area contributed by atoms with Crippen molar-refractivity contribution in [3.05, 3.63) is 71.8 Å². The molecule has 2 rings (SSSR count). The van der Waals surface area contributed by atoms with Crippen LogP contribution in [0.2, 0.25) is 0 Å². The number of ketones is 1. The lowest BCUT2D eigenvalue weighted by Crippen LogP contribution is -2.56. The molecule has 2 aromatic rings. The van der Waals surface area contributed by atoms with Gasteiger partial charge in [0.2, 0.25) is 11.8 Å². The molecule has 12 nitrogen and oxygen atoms in total. The van der Waals surface area contributed by atoms with Gasteiger partial charge < -0.3 is 32.1 Å². The van der Waals surface area contributed by atoms with E-state index in [4.69, 9.17) is 11.5 Å². The number of rotatable bonds is 17. The van der Waals surface area contributed by atoms with Gasteiger partial charge in [0.1, 0.15) is 17.9 Å². The van der Waals surface area contributed by atoms with Crippen molar-refractivity contribution in [2.24, 2.45) is 17.4 Å². The van der Waals surface area contributed by atoms with Crippen LogP contribution in [0.15, 0.2) is 60.7 Å². The number of benzene rings is 2. The monoisotopic (exact) mass is 621 g/mol. The molecule has 0 heterocycles. The normalized spacial score (nSPS) is 16.4. The molecule has 2 unspecified atom stereocenters. The van der Waals surface area contributed by atoms with Crippen LogP contribution >= 0.6 is 20.1 Å². The molecular weight excluding hydrogens is 581 g/mol. The molecule has 0 bridgehead atoms. The number of nitrogens with one attached hydrogen (secondary N) is 3. The summed E-state index contributed by atoms with van der Waals surface area (Å²) in [4.78, 5) is 61.5. The fraction of sp³-hybridized carbons (Fsp3) is 0.429. The second-order valence-corrected chi connectivity index (χ2v) is 12.9. The van der Waals surface area contributed by atoms with E-state index in [1.165, 1.54) is 0 Å². The van der Waals surface area contributed by atoms with Crippen molar-refractivity contribution in [2.45, 2.75) is 63.1 Å². The lowest BCUT2D eigenvalue weighted by atomic mass is 9.96. The van der Waals surface area contributed by atoms with Crippen LogP contribution in [0.3, 0.4) is 0 Å². The number of aliphatic carboxylic acids is 1. The van der Waals surface area contributed by atoms with E-state index in [0.717, 1.165) is 5.56 Å². The Morgan fingerprint density at radius 3 is 1.81 bits per heavy atom. The summed E-state index contributed by atoms with van der Waals surface area (Å²) in [5.41, 5.74) is 13.1. The van der Waals surface area contributed by atoms with E-state index < -0.39 is 73.4 Å². The van der Waals surface area contributed by atoms with Crippen molar-refractivity contribution in [3.8, 4) is 0 Å². The molecule has 0 radical (unpaired) electrons. The Kier molecular flexibility index (Phi) is 13.8. The topological polar surface area (TPSA) is 214 Å². The standard InChI is InChI=1S/C28H40N5O7PS/c1-17(2)25(32-27(36)21(31-26(35)20(29)16-42)13-18-9-5-3-6-10-18)23(34)15-24(30)41(39,40)33-22(28(37)38)14-19-11-7-4-8-12-19/h3-12,17,20-22,24-25,42H,13-16,29-30H2,1-2H3,(H,31,35)(H,32,36)(H,37,38)(H2,33,39,40)/t20-,21-,22-,24?,25-/m0/s1. The van der Waals surface area contributed by atoms with E-state index in [-0.39, 0.29) is 18.6 Å². The van der Waals surface area contributed by atoms with Crippen molar-refractivity contribution in [3.63, 3.8) is 0 Å². The van der Waals surface area contributed by atoms with Gasteiger partial charge in [0.15, 0.2) is 5.78 Å². The lowest BCUT2D eigenvalue weighted by Gasteiger charge is -2.28. The number of nitrogens with two attached hydrogens (primary N) is 2. The maximum absolute atomic E-state index is 13.3. The minimum atomic E-state index is -4.55. The van der Waals surface area contributed by atoms with Gasteiger partial charge in [-0.15, -0.1) is 0 Å². The van der Waals surface area contributed by atoms with Gasteiger partial charge in [-0.3, -0.25) is 23.7 Å². The summed E-state index contributed by atoms with van der Waals surface area (Å²) in [5, 5.41) is 17.1. The summed E-state index contributed by atoms with van der Waals surface area (Å²) < 4.78 is 13.0. The number of Topliss-reactive ketones (excluding diaryl/α,β-unsaturated/α-hetero) is 1. The van der Waals surface area contributed by atoms with Gasteiger partial charge >= 0.3 is 5.97 Å². The first-order valence-corrected chi connectivity index (χ1v) is 15.8. The Bertz CT molecular complexity index is 1250. The summed E-state index contributed by atoms with van der Waals surface area (Å²) in [6.07, 6.45) is -0.594. The van der Waals surface area contributed by atoms with Crippen LogP contribution in [0.25, 0.3) is 0 Å². The smallest absolute Gasteiger partial charge is 0.321 e. The number of carbonyl (C=O) groups excluding carboxylic acids is 3. The summed E-state index contributed by atoms with van der Waals surface area (Å²) in [7, 11) is -4.55. The van der Waals surface area contributed by atoms with Crippen LogP contribution in [0.1, 0.15) is 31.4 Å². The number of hydrogen-bond acceptors (Lipinski definition) is 8. The third kappa shape index (κ3) is 11.0. The Morgan fingerprint density at radius 2 is 1.36 bits per heavy atom. The van der Waals surface area contributed by atoms with Gasteiger partial charge in [0.25, 0.3) is 7.52 Å². The highest BCUT2D eigenvalue weighted by atomic mass is 32.1. The van der Waals surface area contributed by atoms with Gasteiger partial charge in [0, 0.05) is 18.6 Å². The van der Waals surface area contributed by atoms with Crippen LogP contribution in [0.5, 0.6) is 0 Å². The van der Waals surface area contributed by atoms with Crippen molar-refractivity contribution < 1.29 is 33.7 Å². The SMILES string of the molecule is CC(C)[C@H](NC(=O)[C@H](Cc1ccccc1)NC(=O)[C@@H](N)CS)C(=O)CC(N)P(=O)(O)N[C@@H](Cc1ccccc1)C(=O)O. The highest BCUT2D eigenvalue weighted by Gasteiger charge is 2.37. The Labute approximate surface area is 250 Å². The highest BCUT2D eigenvalue weighted by Crippen LogP contribution is 2.41. The molecule has 0 aliphatic carbocycles. The van der Waals surface area contributed by atoms with E-state index >= 15 is 0 Å². The average molecular weight is 622 g/mol. The van der Waals surface area contributed by atoms with Crippen molar-refractivity contribution in [2.75, 3.05) is 5.75 Å². The van der Waals surface area contributed by atoms with Crippen LogP contribution in [-0.2, 0) is 36.6 Å². The summed E-state index contributed by atoms with van der Waals surface area (Å²) in [6, 6.07) is 12.9. The van der Waals surface area contributed by atoms with Gasteiger partial charge in [-0.1, -0.05) is 74.5 Å². The maximum atomic E-state index is 13.3. The molecule has 0 spiro atoms. The molecule has 14 heteroatoms. The molecule has 2 amide bonds. The van der Waals surface area contributed by atoms with Gasteiger partial charge in [-0.05, 0) is 23.5 Å². The molecule has 230 valence electrons. The highest BCUT2D eigenvalue weighted by molar-refractivity contribution is 7.80. The van der Waals surface area contributed by atoms with Gasteiger partial charge in [0.05, 0.1) is 12.1 Å². The van der Waals surface area contributed by atoms with Crippen LogP contribution in [0, 0.1) is 5.92 Å². The molecule has 0 saturated carbocycles. The van der Waals surface area contributed by atoms with Crippen LogP contribution in [0.4, 0.5) is 0 Å². The molecule has 42 heavy (non-hydrogen) atoms. The van der Waals surface area contributed by atoms with Crippen molar-refractivity contribution >= 4 is 43.7 Å². The molecule has 0 fully saturated rings. The minimum absolute atomic E-state index is 0.0554.